The number of anilines is 1. The predicted molar refractivity (Wildman–Crippen MR) is 106 cm³/mol. The number of hydrogen-bond donors (Lipinski definition) is 1. The summed E-state index contributed by atoms with van der Waals surface area (Å²) in [6.45, 7) is 0. The van der Waals surface area contributed by atoms with Gasteiger partial charge in [0, 0.05) is 30.0 Å². The monoisotopic (exact) mass is 399 g/mol. The largest absolute Gasteiger partial charge is 0.496 e. The van der Waals surface area contributed by atoms with E-state index in [0.29, 0.717) is 43.6 Å². The van der Waals surface area contributed by atoms with Crippen molar-refractivity contribution in [3.63, 3.8) is 0 Å². The number of ether oxygens (including phenoxy) is 1. The van der Waals surface area contributed by atoms with E-state index < -0.39 is 0 Å². The van der Waals surface area contributed by atoms with Crippen molar-refractivity contribution in [2.24, 2.45) is 7.05 Å². The van der Waals surface area contributed by atoms with Gasteiger partial charge in [0.25, 0.3) is 5.91 Å². The minimum atomic E-state index is -0.295. The van der Waals surface area contributed by atoms with E-state index in [-0.39, 0.29) is 5.91 Å². The number of methoxy groups -OCH3 is 1. The highest BCUT2D eigenvalue weighted by Crippen LogP contribution is 2.36. The number of halogens is 1. The predicted octanol–water partition coefficient (Wildman–Crippen LogP) is 4.01. The van der Waals surface area contributed by atoms with Gasteiger partial charge in [-0.1, -0.05) is 11.6 Å². The molecule has 1 amide bonds. The first-order valence-electron chi connectivity index (χ1n) is 7.96. The first-order valence-corrected chi connectivity index (χ1v) is 9.11. The van der Waals surface area contributed by atoms with Crippen molar-refractivity contribution < 1.29 is 9.53 Å². The number of hydrogen-bond acceptors (Lipinski definition) is 6. The zero-order chi connectivity index (χ0) is 19.0. The van der Waals surface area contributed by atoms with Crippen molar-refractivity contribution in [3.8, 4) is 17.0 Å². The number of amides is 1. The fourth-order valence-electron chi connectivity index (χ4n) is 2.76. The highest BCUT2D eigenvalue weighted by Gasteiger charge is 2.20. The van der Waals surface area contributed by atoms with Crippen LogP contribution in [0.4, 0.5) is 5.69 Å². The van der Waals surface area contributed by atoms with Gasteiger partial charge in [-0.25, -0.2) is 0 Å². The molecular formula is C18H14ClN5O2S. The van der Waals surface area contributed by atoms with Crippen LogP contribution in [-0.4, -0.2) is 32.2 Å². The third-order valence-corrected chi connectivity index (χ3v) is 5.02. The molecular weight excluding hydrogens is 386 g/mol. The van der Waals surface area contributed by atoms with Gasteiger partial charge in [0.15, 0.2) is 0 Å². The molecule has 7 nitrogen and oxygen atoms in total. The van der Waals surface area contributed by atoms with E-state index in [4.69, 9.17) is 16.3 Å². The molecule has 4 rings (SSSR count). The van der Waals surface area contributed by atoms with Gasteiger partial charge in [-0.2, -0.15) is 9.47 Å². The summed E-state index contributed by atoms with van der Waals surface area (Å²) in [5.41, 5.74) is 3.06. The average molecular weight is 400 g/mol. The third-order valence-electron chi connectivity index (χ3n) is 3.94. The maximum atomic E-state index is 12.8. The maximum absolute atomic E-state index is 12.8. The van der Waals surface area contributed by atoms with Crippen LogP contribution in [0.15, 0.2) is 42.7 Å². The molecule has 136 valence electrons. The van der Waals surface area contributed by atoms with Crippen molar-refractivity contribution in [1.82, 2.24) is 19.1 Å². The lowest BCUT2D eigenvalue weighted by molar-refractivity contribution is 0.103. The molecule has 3 aromatic heterocycles. The third kappa shape index (κ3) is 3.24. The molecule has 0 saturated heterocycles. The van der Waals surface area contributed by atoms with Crippen molar-refractivity contribution in [3.05, 3.63) is 52.6 Å². The van der Waals surface area contributed by atoms with E-state index in [9.17, 15) is 4.79 Å². The highest BCUT2D eigenvalue weighted by atomic mass is 35.5. The average Bonchev–Trinajstić information content (AvgIpc) is 3.25. The highest BCUT2D eigenvalue weighted by molar-refractivity contribution is 7.09. The number of benzene rings is 1. The lowest BCUT2D eigenvalue weighted by Crippen LogP contribution is -2.11. The first-order chi connectivity index (χ1) is 13.1. The van der Waals surface area contributed by atoms with Gasteiger partial charge in [-0.15, -0.1) is 0 Å². The fraction of sp³-hybridized carbons (Fsp3) is 0.111. The first kappa shape index (κ1) is 17.4. The topological polar surface area (TPSA) is 81.9 Å². The van der Waals surface area contributed by atoms with Crippen LogP contribution in [0.5, 0.6) is 5.75 Å². The van der Waals surface area contributed by atoms with Crippen LogP contribution in [0.2, 0.25) is 5.02 Å². The summed E-state index contributed by atoms with van der Waals surface area (Å²) in [6.07, 6.45) is 3.37. The van der Waals surface area contributed by atoms with Gasteiger partial charge in [-0.05, 0) is 41.9 Å². The van der Waals surface area contributed by atoms with Crippen molar-refractivity contribution in [1.29, 1.82) is 0 Å². The number of aromatic nitrogens is 4. The summed E-state index contributed by atoms with van der Waals surface area (Å²) in [5, 5.41) is 7.92. The molecule has 0 unspecified atom stereocenters. The number of rotatable bonds is 4. The Morgan fingerprint density at radius 3 is 3.00 bits per heavy atom. The molecule has 0 spiro atoms. The number of pyridine rings is 1. The molecule has 1 aromatic carbocycles. The van der Waals surface area contributed by atoms with E-state index in [1.54, 1.807) is 55.5 Å². The lowest BCUT2D eigenvalue weighted by atomic mass is 10.1. The van der Waals surface area contributed by atoms with Crippen LogP contribution >= 0.6 is 23.1 Å². The second-order valence-corrected chi connectivity index (χ2v) is 6.96. The summed E-state index contributed by atoms with van der Waals surface area (Å²) in [5.74, 6) is 0.315. The molecule has 0 saturated carbocycles. The Morgan fingerprint density at radius 1 is 1.33 bits per heavy atom. The van der Waals surface area contributed by atoms with E-state index in [2.05, 4.69) is 19.8 Å². The van der Waals surface area contributed by atoms with Gasteiger partial charge in [0.1, 0.15) is 27.4 Å². The molecule has 3 heterocycles. The zero-order valence-electron chi connectivity index (χ0n) is 14.4. The normalized spacial score (nSPS) is 10.9. The fourth-order valence-corrected chi connectivity index (χ4v) is 3.64. The van der Waals surface area contributed by atoms with Gasteiger partial charge in [-0.3, -0.25) is 14.5 Å². The minimum absolute atomic E-state index is 0.295. The molecule has 0 aliphatic heterocycles. The molecule has 4 aromatic rings. The Bertz CT molecular complexity index is 1150. The second kappa shape index (κ2) is 6.98. The molecule has 0 bridgehead atoms. The van der Waals surface area contributed by atoms with Crippen LogP contribution in [0, 0.1) is 0 Å². The maximum Gasteiger partial charge on any atom is 0.269 e. The molecule has 0 radical (unpaired) electrons. The zero-order valence-corrected chi connectivity index (χ0v) is 16.0. The van der Waals surface area contributed by atoms with Crippen LogP contribution < -0.4 is 10.1 Å². The molecule has 0 aliphatic rings. The summed E-state index contributed by atoms with van der Waals surface area (Å²) in [7, 11) is 3.35. The Hall–Kier alpha value is -2.97. The van der Waals surface area contributed by atoms with Crippen LogP contribution in [0.3, 0.4) is 0 Å². The summed E-state index contributed by atoms with van der Waals surface area (Å²) < 4.78 is 11.3. The molecule has 27 heavy (non-hydrogen) atoms. The summed E-state index contributed by atoms with van der Waals surface area (Å²) >= 11 is 7.25. The number of nitrogens with one attached hydrogen (secondary N) is 1. The Kier molecular flexibility index (Phi) is 4.51. The smallest absolute Gasteiger partial charge is 0.269 e. The van der Waals surface area contributed by atoms with Crippen molar-refractivity contribution >= 4 is 45.8 Å². The van der Waals surface area contributed by atoms with E-state index in [0.717, 1.165) is 11.5 Å². The van der Waals surface area contributed by atoms with Gasteiger partial charge >= 0.3 is 0 Å². The van der Waals surface area contributed by atoms with Crippen molar-refractivity contribution in [2.45, 2.75) is 0 Å². The SMILES string of the molecule is COc1ccc(Cl)cc1-c1nn(C)cc1NC(=O)c1snc2cccnc12. The van der Waals surface area contributed by atoms with Crippen LogP contribution in [-0.2, 0) is 7.05 Å². The number of carbonyl (C=O) groups is 1. The Morgan fingerprint density at radius 2 is 2.19 bits per heavy atom. The summed E-state index contributed by atoms with van der Waals surface area (Å²) in [4.78, 5) is 17.5. The number of aryl methyl sites for hydroxylation is 1. The van der Waals surface area contributed by atoms with Crippen molar-refractivity contribution in [2.75, 3.05) is 12.4 Å². The number of carbonyl (C=O) groups excluding carboxylic acids is 1. The molecule has 0 aliphatic carbocycles. The van der Waals surface area contributed by atoms with Crippen LogP contribution in [0.1, 0.15) is 9.67 Å². The van der Waals surface area contributed by atoms with Gasteiger partial charge in [0.2, 0.25) is 0 Å². The molecule has 9 heteroatoms. The van der Waals surface area contributed by atoms with E-state index in [1.165, 1.54) is 0 Å². The van der Waals surface area contributed by atoms with Gasteiger partial charge in [0.05, 0.1) is 12.8 Å². The van der Waals surface area contributed by atoms with Crippen LogP contribution in [0.25, 0.3) is 22.3 Å². The van der Waals surface area contributed by atoms with Gasteiger partial charge < -0.3 is 10.1 Å². The Labute approximate surface area is 163 Å². The second-order valence-electron chi connectivity index (χ2n) is 5.75. The van der Waals surface area contributed by atoms with E-state index >= 15 is 0 Å². The standard InChI is InChI=1S/C18H14ClN5O2S/c1-24-9-13(15(22-24)11-8-10(19)5-6-14(11)26-2)21-18(25)17-16-12(23-27-17)4-3-7-20-16/h3-9H,1-2H3,(H,21,25). The molecule has 0 fully saturated rings. The lowest BCUT2D eigenvalue weighted by Gasteiger charge is -2.09. The number of fused-ring (bicyclic) bond motifs is 1. The molecule has 1 N–H and O–H groups in total. The minimum Gasteiger partial charge on any atom is -0.496 e. The quantitative estimate of drug-likeness (QED) is 0.560. The molecule has 0 atom stereocenters. The summed E-state index contributed by atoms with van der Waals surface area (Å²) in [6, 6.07) is 8.86. The number of nitrogens with zero attached hydrogens (tertiary/aromatic N) is 4. The Balaban J connectivity index is 1.74. The van der Waals surface area contributed by atoms with E-state index in [1.807, 2.05) is 6.07 Å².